The van der Waals surface area contributed by atoms with Gasteiger partial charge in [-0.3, -0.25) is 4.55 Å². The lowest BCUT2D eigenvalue weighted by atomic mass is 10.1. The van der Waals surface area contributed by atoms with E-state index >= 15 is 0 Å². The number of nitrogens with one attached hydrogen (secondary N) is 1. The zero-order chi connectivity index (χ0) is 21.9. The number of pyridine rings is 1. The standard InChI is InChI=1S/C18H15F3N4O4S/c1-22-17-13-5-3-2-4-12(13)15(30(26,27)28)8-14(17)25-24-11-6-7-16(23-9-11)29-10-18(19,20)21/h2-9,22H,10H2,1H3,(H,26,27,28). The van der Waals surface area contributed by atoms with Crippen LogP contribution in [0.25, 0.3) is 10.8 Å². The van der Waals surface area contributed by atoms with E-state index in [1.54, 1.807) is 31.3 Å². The average molecular weight is 440 g/mol. The van der Waals surface area contributed by atoms with Gasteiger partial charge in [-0.25, -0.2) is 4.98 Å². The Kier molecular flexibility index (Phi) is 5.89. The molecule has 1 heterocycles. The summed E-state index contributed by atoms with van der Waals surface area (Å²) >= 11 is 0. The first-order chi connectivity index (χ1) is 14.1. The summed E-state index contributed by atoms with van der Waals surface area (Å²) in [6, 6.07) is 10.2. The van der Waals surface area contributed by atoms with E-state index in [1.807, 2.05) is 0 Å². The largest absolute Gasteiger partial charge is 0.468 e. The molecule has 0 atom stereocenters. The fraction of sp³-hybridized carbons (Fsp3) is 0.167. The number of benzene rings is 2. The van der Waals surface area contributed by atoms with Gasteiger partial charge in [0.15, 0.2) is 6.61 Å². The van der Waals surface area contributed by atoms with Crippen molar-refractivity contribution >= 4 is 38.0 Å². The van der Waals surface area contributed by atoms with E-state index < -0.39 is 22.9 Å². The van der Waals surface area contributed by atoms with Crippen molar-refractivity contribution in [3.63, 3.8) is 0 Å². The molecule has 2 aromatic carbocycles. The molecule has 0 aliphatic rings. The van der Waals surface area contributed by atoms with E-state index in [1.165, 1.54) is 18.2 Å². The van der Waals surface area contributed by atoms with Crippen molar-refractivity contribution in [1.82, 2.24) is 4.98 Å². The molecule has 30 heavy (non-hydrogen) atoms. The zero-order valence-electron chi connectivity index (χ0n) is 15.4. The molecule has 8 nitrogen and oxygen atoms in total. The number of hydrogen-bond donors (Lipinski definition) is 2. The molecule has 3 rings (SSSR count). The molecule has 1 aromatic heterocycles. The molecule has 2 N–H and O–H groups in total. The molecule has 3 aromatic rings. The van der Waals surface area contributed by atoms with Crippen LogP contribution in [0.1, 0.15) is 0 Å². The first kappa shape index (κ1) is 21.5. The zero-order valence-corrected chi connectivity index (χ0v) is 16.2. The normalized spacial score (nSPS) is 12.4. The highest BCUT2D eigenvalue weighted by molar-refractivity contribution is 7.86. The second-order valence-corrected chi connectivity index (χ2v) is 7.39. The van der Waals surface area contributed by atoms with Crippen molar-refractivity contribution in [2.24, 2.45) is 10.2 Å². The fourth-order valence-electron chi connectivity index (χ4n) is 2.67. The second kappa shape index (κ2) is 8.24. The van der Waals surface area contributed by atoms with Crippen molar-refractivity contribution in [1.29, 1.82) is 0 Å². The lowest BCUT2D eigenvalue weighted by Gasteiger charge is -2.12. The molecule has 0 radical (unpaired) electrons. The molecule has 0 amide bonds. The van der Waals surface area contributed by atoms with Crippen molar-refractivity contribution in [3.8, 4) is 5.88 Å². The van der Waals surface area contributed by atoms with Crippen LogP contribution >= 0.6 is 0 Å². The van der Waals surface area contributed by atoms with Gasteiger partial charge >= 0.3 is 6.18 Å². The van der Waals surface area contributed by atoms with Gasteiger partial charge < -0.3 is 10.1 Å². The van der Waals surface area contributed by atoms with Gasteiger partial charge in [0.05, 0.1) is 11.9 Å². The minimum atomic E-state index is -4.53. The van der Waals surface area contributed by atoms with Crippen LogP contribution in [0, 0.1) is 0 Å². The summed E-state index contributed by atoms with van der Waals surface area (Å²) < 4.78 is 74.2. The highest BCUT2D eigenvalue weighted by Gasteiger charge is 2.28. The molecule has 0 fully saturated rings. The fourth-order valence-corrected chi connectivity index (χ4v) is 3.38. The van der Waals surface area contributed by atoms with Crippen LogP contribution in [0.4, 0.5) is 30.2 Å². The van der Waals surface area contributed by atoms with Crippen molar-refractivity contribution in [3.05, 3.63) is 48.7 Å². The molecule has 0 spiro atoms. The van der Waals surface area contributed by atoms with Gasteiger partial charge in [0, 0.05) is 23.9 Å². The van der Waals surface area contributed by atoms with Crippen molar-refractivity contribution in [2.75, 3.05) is 19.0 Å². The number of nitrogens with zero attached hydrogens (tertiary/aromatic N) is 3. The van der Waals surface area contributed by atoms with Gasteiger partial charge in [-0.15, -0.1) is 10.2 Å². The summed E-state index contributed by atoms with van der Waals surface area (Å²) in [7, 11) is -2.92. The van der Waals surface area contributed by atoms with Gasteiger partial charge in [0.2, 0.25) is 5.88 Å². The van der Waals surface area contributed by atoms with E-state index in [0.29, 0.717) is 16.5 Å². The smallest absolute Gasteiger partial charge is 0.422 e. The number of hydrogen-bond acceptors (Lipinski definition) is 7. The number of rotatable bonds is 6. The summed E-state index contributed by atoms with van der Waals surface area (Å²) in [6.45, 7) is -1.47. The average Bonchev–Trinajstić information content (AvgIpc) is 2.69. The molecule has 0 bridgehead atoms. The van der Waals surface area contributed by atoms with E-state index in [0.717, 1.165) is 6.20 Å². The van der Waals surface area contributed by atoms with Crippen LogP contribution in [0.15, 0.2) is 63.8 Å². The summed E-state index contributed by atoms with van der Waals surface area (Å²) in [6.07, 6.45) is -3.33. The van der Waals surface area contributed by atoms with Crippen molar-refractivity contribution in [2.45, 2.75) is 11.1 Å². The summed E-state index contributed by atoms with van der Waals surface area (Å²) in [5, 5.41) is 11.7. The van der Waals surface area contributed by atoms with Crippen LogP contribution in [0.5, 0.6) is 5.88 Å². The molecule has 158 valence electrons. The third-order valence-corrected chi connectivity index (χ3v) is 4.78. The molecule has 0 aliphatic heterocycles. The molecular formula is C18H15F3N4O4S. The lowest BCUT2D eigenvalue weighted by Crippen LogP contribution is -2.19. The third-order valence-electron chi connectivity index (χ3n) is 3.89. The van der Waals surface area contributed by atoms with Crippen LogP contribution < -0.4 is 10.1 Å². The number of fused-ring (bicyclic) bond motifs is 1. The Morgan fingerprint density at radius 3 is 2.40 bits per heavy atom. The summed E-state index contributed by atoms with van der Waals surface area (Å²) in [4.78, 5) is 3.38. The molecule has 0 saturated heterocycles. The number of anilines is 1. The predicted molar refractivity (Wildman–Crippen MR) is 103 cm³/mol. The maximum Gasteiger partial charge on any atom is 0.422 e. The molecule has 0 unspecified atom stereocenters. The monoisotopic (exact) mass is 440 g/mol. The van der Waals surface area contributed by atoms with Crippen LogP contribution in [-0.4, -0.2) is 37.8 Å². The highest BCUT2D eigenvalue weighted by Crippen LogP contribution is 2.38. The number of azo groups is 1. The predicted octanol–water partition coefficient (Wildman–Crippen LogP) is 4.88. The second-order valence-electron chi connectivity index (χ2n) is 6.00. The Morgan fingerprint density at radius 1 is 1.13 bits per heavy atom. The quantitative estimate of drug-likeness (QED) is 0.417. The van der Waals surface area contributed by atoms with E-state index in [-0.39, 0.29) is 22.2 Å². The topological polar surface area (TPSA) is 113 Å². The first-order valence-electron chi connectivity index (χ1n) is 8.37. The van der Waals surface area contributed by atoms with Gasteiger partial charge in [-0.1, -0.05) is 24.3 Å². The van der Waals surface area contributed by atoms with Gasteiger partial charge in [0.25, 0.3) is 10.1 Å². The maximum absolute atomic E-state index is 12.2. The minimum Gasteiger partial charge on any atom is -0.468 e. The van der Waals surface area contributed by atoms with Gasteiger partial charge in [-0.2, -0.15) is 21.6 Å². The number of alkyl halides is 3. The number of halogens is 3. The first-order valence-corrected chi connectivity index (χ1v) is 9.81. The summed E-state index contributed by atoms with van der Waals surface area (Å²) in [5.74, 6) is -0.235. The van der Waals surface area contributed by atoms with Crippen LogP contribution in [0.2, 0.25) is 0 Å². The number of aromatic nitrogens is 1. The number of ether oxygens (including phenoxy) is 1. The van der Waals surface area contributed by atoms with Gasteiger partial charge in [-0.05, 0) is 12.1 Å². The van der Waals surface area contributed by atoms with Crippen molar-refractivity contribution < 1.29 is 30.9 Å². The van der Waals surface area contributed by atoms with E-state index in [9.17, 15) is 26.1 Å². The highest BCUT2D eigenvalue weighted by atomic mass is 32.2. The van der Waals surface area contributed by atoms with Gasteiger partial charge in [0.1, 0.15) is 16.3 Å². The van der Waals surface area contributed by atoms with E-state index in [2.05, 4.69) is 25.3 Å². The molecule has 12 heteroatoms. The van der Waals surface area contributed by atoms with E-state index in [4.69, 9.17) is 0 Å². The lowest BCUT2D eigenvalue weighted by molar-refractivity contribution is -0.154. The maximum atomic E-state index is 12.2. The Labute approximate surface area is 169 Å². The molecular weight excluding hydrogens is 425 g/mol. The van der Waals surface area contributed by atoms with Crippen LogP contribution in [-0.2, 0) is 10.1 Å². The Hall–Kier alpha value is -3.25. The Bertz CT molecular complexity index is 1200. The van der Waals surface area contributed by atoms with Crippen LogP contribution in [0.3, 0.4) is 0 Å². The third kappa shape index (κ3) is 5.02. The molecule has 0 saturated carbocycles. The minimum absolute atomic E-state index is 0.126. The Morgan fingerprint density at radius 2 is 1.83 bits per heavy atom. The SMILES string of the molecule is CNc1c(N=Nc2ccc(OCC(F)(F)F)nc2)cc(S(=O)(=O)O)c2ccccc12. The summed E-state index contributed by atoms with van der Waals surface area (Å²) in [5.41, 5.74) is 0.791. The Balaban J connectivity index is 1.96. The molecule has 0 aliphatic carbocycles.